The number of carbonyl (C=O) groups excluding carboxylic acids is 3. The van der Waals surface area contributed by atoms with Crippen LogP contribution in [-0.4, -0.2) is 63.0 Å². The molecule has 9 nitrogen and oxygen atoms in total. The van der Waals surface area contributed by atoms with E-state index in [1.54, 1.807) is 18.2 Å². The maximum absolute atomic E-state index is 12.8. The fraction of sp³-hybridized carbons (Fsp3) is 0.320. The number of ether oxygens (including phenoxy) is 4. The van der Waals surface area contributed by atoms with E-state index in [0.717, 1.165) is 28.6 Å². The molecule has 1 N–H and O–H groups in total. The molecule has 0 aromatic heterocycles. The van der Waals surface area contributed by atoms with Crippen molar-refractivity contribution < 1.29 is 33.3 Å². The van der Waals surface area contributed by atoms with Crippen LogP contribution in [0.1, 0.15) is 18.1 Å². The molecule has 186 valence electrons. The van der Waals surface area contributed by atoms with Crippen LogP contribution in [0.2, 0.25) is 0 Å². The number of nitrogens with zero attached hydrogens (tertiary/aromatic N) is 1. The van der Waals surface area contributed by atoms with Crippen molar-refractivity contribution in [2.75, 3.05) is 41.0 Å². The first-order valence-corrected chi connectivity index (χ1v) is 11.8. The summed E-state index contributed by atoms with van der Waals surface area (Å²) in [6, 6.07) is 10.9. The highest BCUT2D eigenvalue weighted by Gasteiger charge is 2.34. The van der Waals surface area contributed by atoms with E-state index in [1.807, 2.05) is 31.2 Å². The van der Waals surface area contributed by atoms with E-state index in [-0.39, 0.29) is 30.5 Å². The Balaban J connectivity index is 1.58. The van der Waals surface area contributed by atoms with Crippen LogP contribution >= 0.6 is 11.8 Å². The summed E-state index contributed by atoms with van der Waals surface area (Å²) in [5.74, 6) is 1.19. The molecule has 0 spiro atoms. The number of hydrogen-bond acceptors (Lipinski definition) is 8. The summed E-state index contributed by atoms with van der Waals surface area (Å²) in [7, 11) is 4.49. The summed E-state index contributed by atoms with van der Waals surface area (Å²) in [5, 5.41) is 2.27. The molecule has 1 saturated heterocycles. The Morgan fingerprint density at radius 3 is 2.34 bits per heavy atom. The van der Waals surface area contributed by atoms with Crippen molar-refractivity contribution in [3.05, 3.63) is 52.4 Å². The zero-order valence-electron chi connectivity index (χ0n) is 20.1. The summed E-state index contributed by atoms with van der Waals surface area (Å²) in [4.78, 5) is 38.7. The third-order valence-electron chi connectivity index (χ3n) is 5.23. The number of amides is 3. The van der Waals surface area contributed by atoms with Crippen LogP contribution in [0.5, 0.6) is 23.0 Å². The molecule has 10 heteroatoms. The molecule has 2 aromatic carbocycles. The highest BCUT2D eigenvalue weighted by atomic mass is 32.2. The van der Waals surface area contributed by atoms with Gasteiger partial charge in [0.15, 0.2) is 18.1 Å². The van der Waals surface area contributed by atoms with Crippen LogP contribution in [0, 0.1) is 0 Å². The Morgan fingerprint density at radius 2 is 1.71 bits per heavy atom. The second-order valence-electron chi connectivity index (χ2n) is 7.39. The van der Waals surface area contributed by atoms with Gasteiger partial charge in [-0.1, -0.05) is 25.1 Å². The molecule has 0 aliphatic carbocycles. The minimum absolute atomic E-state index is 0.0501. The Morgan fingerprint density at radius 1 is 1.03 bits per heavy atom. The second-order valence-corrected chi connectivity index (χ2v) is 8.39. The van der Waals surface area contributed by atoms with Crippen molar-refractivity contribution in [2.24, 2.45) is 0 Å². The molecule has 1 heterocycles. The average Bonchev–Trinajstić information content (AvgIpc) is 3.14. The van der Waals surface area contributed by atoms with Crippen LogP contribution in [0.3, 0.4) is 0 Å². The van der Waals surface area contributed by atoms with Gasteiger partial charge in [-0.15, -0.1) is 0 Å². The van der Waals surface area contributed by atoms with E-state index in [4.69, 9.17) is 18.9 Å². The summed E-state index contributed by atoms with van der Waals surface area (Å²) in [6.45, 7) is 2.02. The van der Waals surface area contributed by atoms with Crippen molar-refractivity contribution in [1.82, 2.24) is 10.2 Å². The van der Waals surface area contributed by atoms with E-state index in [0.29, 0.717) is 28.6 Å². The van der Waals surface area contributed by atoms with E-state index in [2.05, 4.69) is 5.32 Å². The van der Waals surface area contributed by atoms with Gasteiger partial charge >= 0.3 is 0 Å². The Hall–Kier alpha value is -3.66. The summed E-state index contributed by atoms with van der Waals surface area (Å²) < 4.78 is 21.6. The van der Waals surface area contributed by atoms with E-state index < -0.39 is 11.1 Å². The molecule has 2 aromatic rings. The van der Waals surface area contributed by atoms with Gasteiger partial charge in [0, 0.05) is 13.1 Å². The molecule has 1 aliphatic heterocycles. The highest BCUT2D eigenvalue weighted by molar-refractivity contribution is 8.18. The van der Waals surface area contributed by atoms with Gasteiger partial charge < -0.3 is 24.3 Å². The lowest BCUT2D eigenvalue weighted by Gasteiger charge is -2.14. The normalized spacial score (nSPS) is 14.3. The number of methoxy groups -OCH3 is 3. The number of thioether (sulfide) groups is 1. The van der Waals surface area contributed by atoms with Gasteiger partial charge in [-0.25, -0.2) is 0 Å². The predicted molar refractivity (Wildman–Crippen MR) is 133 cm³/mol. The quantitative estimate of drug-likeness (QED) is 0.468. The van der Waals surface area contributed by atoms with Crippen molar-refractivity contribution in [1.29, 1.82) is 0 Å². The van der Waals surface area contributed by atoms with Crippen LogP contribution in [-0.2, 0) is 16.0 Å². The molecule has 0 radical (unpaired) electrons. The first kappa shape index (κ1) is 26.0. The number of nitrogens with one attached hydrogen (secondary N) is 1. The first-order chi connectivity index (χ1) is 16.9. The molecule has 0 bridgehead atoms. The summed E-state index contributed by atoms with van der Waals surface area (Å²) in [6.07, 6.45) is 2.38. The molecule has 35 heavy (non-hydrogen) atoms. The minimum Gasteiger partial charge on any atom is -0.493 e. The minimum atomic E-state index is -0.434. The lowest BCUT2D eigenvalue weighted by molar-refractivity contribution is -0.125. The van der Waals surface area contributed by atoms with Gasteiger partial charge in [-0.05, 0) is 53.6 Å². The number of benzene rings is 2. The number of hydrogen-bond donors (Lipinski definition) is 1. The predicted octanol–water partition coefficient (Wildman–Crippen LogP) is 3.51. The zero-order chi connectivity index (χ0) is 25.4. The van der Waals surface area contributed by atoms with Gasteiger partial charge in [0.2, 0.25) is 5.75 Å². The van der Waals surface area contributed by atoms with Crippen molar-refractivity contribution in [2.45, 2.75) is 13.3 Å². The Bertz CT molecular complexity index is 1110. The summed E-state index contributed by atoms with van der Waals surface area (Å²) in [5.41, 5.74) is 1.62. The smallest absolute Gasteiger partial charge is 0.293 e. The van der Waals surface area contributed by atoms with Crippen LogP contribution in [0.15, 0.2) is 41.3 Å². The fourth-order valence-corrected chi connectivity index (χ4v) is 4.33. The highest BCUT2D eigenvalue weighted by Crippen LogP contribution is 2.40. The number of imide groups is 1. The largest absolute Gasteiger partial charge is 0.493 e. The van der Waals surface area contributed by atoms with E-state index >= 15 is 0 Å². The number of aryl methyl sites for hydroxylation is 1. The van der Waals surface area contributed by atoms with Crippen LogP contribution in [0.25, 0.3) is 6.08 Å². The van der Waals surface area contributed by atoms with Gasteiger partial charge in [-0.2, -0.15) is 0 Å². The standard InChI is InChI=1S/C25H28N2O7S/c1-5-17-8-6-7-9-18(17)34-15-22(28)26-10-11-27-24(29)21(35-25(27)30)14-16-12-19(31-2)23(33-4)20(13-16)32-3/h6-9,12-14H,5,10-11,15H2,1-4H3,(H,26,28)/b21-14-. The Labute approximate surface area is 208 Å². The lowest BCUT2D eigenvalue weighted by Crippen LogP contribution is -2.38. The number of carbonyl (C=O) groups is 3. The SMILES string of the molecule is CCc1ccccc1OCC(=O)NCCN1C(=O)S/C(=C\c2cc(OC)c(OC)c(OC)c2)C1=O. The third-order valence-corrected chi connectivity index (χ3v) is 6.14. The summed E-state index contributed by atoms with van der Waals surface area (Å²) >= 11 is 0.832. The molecular weight excluding hydrogens is 472 g/mol. The Kier molecular flexibility index (Phi) is 9.02. The van der Waals surface area contributed by atoms with Crippen molar-refractivity contribution in [3.63, 3.8) is 0 Å². The number of para-hydroxylation sites is 1. The molecule has 0 saturated carbocycles. The molecule has 1 aliphatic rings. The first-order valence-electron chi connectivity index (χ1n) is 10.9. The molecule has 0 unspecified atom stereocenters. The second kappa shape index (κ2) is 12.2. The van der Waals surface area contributed by atoms with E-state index in [9.17, 15) is 14.4 Å². The van der Waals surface area contributed by atoms with Gasteiger partial charge in [-0.3, -0.25) is 19.3 Å². The average molecular weight is 501 g/mol. The molecule has 3 amide bonds. The zero-order valence-corrected chi connectivity index (χ0v) is 20.9. The van der Waals surface area contributed by atoms with E-state index in [1.165, 1.54) is 21.3 Å². The maximum atomic E-state index is 12.8. The maximum Gasteiger partial charge on any atom is 0.293 e. The third kappa shape index (κ3) is 6.27. The van der Waals surface area contributed by atoms with Gasteiger partial charge in [0.1, 0.15) is 5.75 Å². The van der Waals surface area contributed by atoms with Crippen LogP contribution in [0.4, 0.5) is 4.79 Å². The fourth-order valence-electron chi connectivity index (χ4n) is 3.47. The molecule has 1 fully saturated rings. The molecular formula is C25H28N2O7S. The molecule has 3 rings (SSSR count). The topological polar surface area (TPSA) is 103 Å². The van der Waals surface area contributed by atoms with Gasteiger partial charge in [0.25, 0.3) is 17.1 Å². The number of rotatable bonds is 11. The van der Waals surface area contributed by atoms with Crippen molar-refractivity contribution in [3.8, 4) is 23.0 Å². The van der Waals surface area contributed by atoms with Crippen LogP contribution < -0.4 is 24.3 Å². The van der Waals surface area contributed by atoms with Gasteiger partial charge in [0.05, 0.1) is 26.2 Å². The van der Waals surface area contributed by atoms with Crippen molar-refractivity contribution >= 4 is 34.9 Å². The molecule has 0 atom stereocenters. The monoisotopic (exact) mass is 500 g/mol. The lowest BCUT2D eigenvalue weighted by atomic mass is 10.1.